The van der Waals surface area contributed by atoms with Crippen LogP contribution in [-0.4, -0.2) is 27.5 Å². The predicted molar refractivity (Wildman–Crippen MR) is 79.2 cm³/mol. The number of thiazole rings is 1. The highest BCUT2D eigenvalue weighted by Gasteiger charge is 2.33. The fourth-order valence-corrected chi connectivity index (χ4v) is 3.11. The number of nitrogens with one attached hydrogen (secondary N) is 1. The molecule has 0 aromatic carbocycles. The lowest BCUT2D eigenvalue weighted by molar-refractivity contribution is -0.143. The average molecular weight is 310 g/mol. The maximum atomic E-state index is 12.1. The molecule has 2 rings (SSSR count). The van der Waals surface area contributed by atoms with E-state index in [4.69, 9.17) is 5.11 Å². The number of thiophene rings is 1. The molecule has 0 spiro atoms. The van der Waals surface area contributed by atoms with Crippen molar-refractivity contribution in [3.05, 3.63) is 28.6 Å². The van der Waals surface area contributed by atoms with Gasteiger partial charge in [-0.05, 0) is 24.8 Å². The van der Waals surface area contributed by atoms with E-state index < -0.39 is 17.4 Å². The maximum absolute atomic E-state index is 12.1. The second kappa shape index (κ2) is 5.72. The number of hydrogen-bond donors (Lipinski definition) is 2. The van der Waals surface area contributed by atoms with Crippen LogP contribution in [0.25, 0.3) is 9.88 Å². The first kappa shape index (κ1) is 14.7. The summed E-state index contributed by atoms with van der Waals surface area (Å²) in [7, 11) is 0. The number of nitrogens with zero attached hydrogens (tertiary/aromatic N) is 1. The second-order valence-corrected chi connectivity index (χ2v) is 6.27. The van der Waals surface area contributed by atoms with Crippen molar-refractivity contribution >= 4 is 34.6 Å². The zero-order valence-corrected chi connectivity index (χ0v) is 12.7. The summed E-state index contributed by atoms with van der Waals surface area (Å²) < 4.78 is 0. The van der Waals surface area contributed by atoms with Crippen molar-refractivity contribution in [2.75, 3.05) is 0 Å². The van der Waals surface area contributed by atoms with Crippen molar-refractivity contribution in [2.24, 2.45) is 0 Å². The molecule has 2 heterocycles. The third kappa shape index (κ3) is 2.88. The van der Waals surface area contributed by atoms with Crippen molar-refractivity contribution in [1.82, 2.24) is 10.3 Å². The van der Waals surface area contributed by atoms with Crippen molar-refractivity contribution < 1.29 is 14.7 Å². The molecule has 1 amide bonds. The Labute approximate surface area is 124 Å². The topological polar surface area (TPSA) is 79.3 Å². The minimum absolute atomic E-state index is 0.249. The summed E-state index contributed by atoms with van der Waals surface area (Å²) in [5.41, 5.74) is -1.02. The van der Waals surface area contributed by atoms with Crippen LogP contribution in [0.4, 0.5) is 0 Å². The van der Waals surface area contributed by atoms with Gasteiger partial charge in [0, 0.05) is 5.38 Å². The Morgan fingerprint density at radius 2 is 2.20 bits per heavy atom. The van der Waals surface area contributed by atoms with Crippen LogP contribution in [0.3, 0.4) is 0 Å². The van der Waals surface area contributed by atoms with Crippen LogP contribution < -0.4 is 5.32 Å². The Morgan fingerprint density at radius 1 is 1.45 bits per heavy atom. The van der Waals surface area contributed by atoms with E-state index in [0.29, 0.717) is 6.42 Å². The Bertz CT molecular complexity index is 621. The van der Waals surface area contributed by atoms with Gasteiger partial charge in [0.2, 0.25) is 0 Å². The van der Waals surface area contributed by atoms with Gasteiger partial charge in [0.1, 0.15) is 16.2 Å². The van der Waals surface area contributed by atoms with E-state index >= 15 is 0 Å². The highest BCUT2D eigenvalue weighted by Crippen LogP contribution is 2.27. The number of carbonyl (C=O) groups excluding carboxylic acids is 1. The molecule has 0 aliphatic rings. The lowest BCUT2D eigenvalue weighted by Crippen LogP contribution is -2.51. The van der Waals surface area contributed by atoms with Crippen LogP contribution in [0.1, 0.15) is 30.8 Å². The number of aromatic nitrogens is 1. The number of amides is 1. The maximum Gasteiger partial charge on any atom is 0.329 e. The first-order valence-corrected chi connectivity index (χ1v) is 7.77. The molecule has 0 bridgehead atoms. The van der Waals surface area contributed by atoms with Crippen LogP contribution in [-0.2, 0) is 4.79 Å². The Hall–Kier alpha value is -1.73. The van der Waals surface area contributed by atoms with Gasteiger partial charge in [-0.2, -0.15) is 0 Å². The standard InChI is InChI=1S/C13H14N2O3S2/c1-3-13(2,12(17)18)15-10(16)8-7-20-11(14-8)9-5-4-6-19-9/h4-7H,3H2,1-2H3,(H,15,16)(H,17,18). The van der Waals surface area contributed by atoms with Gasteiger partial charge in [-0.1, -0.05) is 13.0 Å². The fourth-order valence-electron chi connectivity index (χ4n) is 1.50. The number of hydrogen-bond acceptors (Lipinski definition) is 5. The molecule has 2 aromatic heterocycles. The molecular formula is C13H14N2O3S2. The molecule has 106 valence electrons. The van der Waals surface area contributed by atoms with E-state index in [1.165, 1.54) is 18.3 Å². The molecule has 0 radical (unpaired) electrons. The summed E-state index contributed by atoms with van der Waals surface area (Å²) in [5, 5.41) is 16.0. The molecule has 2 aromatic rings. The van der Waals surface area contributed by atoms with Crippen LogP contribution in [0, 0.1) is 0 Å². The fraction of sp³-hybridized carbons (Fsp3) is 0.308. The SMILES string of the molecule is CCC(C)(NC(=O)c1csc(-c2cccs2)n1)C(=O)O. The molecule has 7 heteroatoms. The third-order valence-electron chi connectivity index (χ3n) is 3.04. The number of carbonyl (C=O) groups is 2. The zero-order chi connectivity index (χ0) is 14.8. The van der Waals surface area contributed by atoms with E-state index in [-0.39, 0.29) is 5.69 Å². The van der Waals surface area contributed by atoms with Gasteiger partial charge in [-0.3, -0.25) is 4.79 Å². The lowest BCUT2D eigenvalue weighted by atomic mass is 9.99. The van der Waals surface area contributed by atoms with Crippen molar-refractivity contribution in [2.45, 2.75) is 25.8 Å². The number of rotatable bonds is 5. The summed E-state index contributed by atoms with van der Waals surface area (Å²) in [6.45, 7) is 3.20. The summed E-state index contributed by atoms with van der Waals surface area (Å²) in [5.74, 6) is -1.52. The normalized spacial score (nSPS) is 13.7. The van der Waals surface area contributed by atoms with Gasteiger partial charge in [0.25, 0.3) is 5.91 Å². The van der Waals surface area contributed by atoms with Gasteiger partial charge < -0.3 is 10.4 Å². The molecule has 2 N–H and O–H groups in total. The summed E-state index contributed by atoms with van der Waals surface area (Å²) >= 11 is 2.91. The summed E-state index contributed by atoms with van der Waals surface area (Å²) in [4.78, 5) is 28.5. The van der Waals surface area contributed by atoms with Crippen LogP contribution >= 0.6 is 22.7 Å². The molecule has 0 saturated carbocycles. The average Bonchev–Trinajstić information content (AvgIpc) is 3.08. The van der Waals surface area contributed by atoms with Gasteiger partial charge in [-0.25, -0.2) is 9.78 Å². The van der Waals surface area contributed by atoms with E-state index in [9.17, 15) is 9.59 Å². The molecule has 0 saturated heterocycles. The van der Waals surface area contributed by atoms with E-state index in [0.717, 1.165) is 9.88 Å². The van der Waals surface area contributed by atoms with Gasteiger partial charge in [0.05, 0.1) is 4.88 Å². The van der Waals surface area contributed by atoms with Gasteiger partial charge >= 0.3 is 5.97 Å². The Balaban J connectivity index is 2.16. The monoisotopic (exact) mass is 310 g/mol. The molecule has 5 nitrogen and oxygen atoms in total. The van der Waals surface area contributed by atoms with E-state index in [2.05, 4.69) is 10.3 Å². The minimum Gasteiger partial charge on any atom is -0.480 e. The van der Waals surface area contributed by atoms with Crippen molar-refractivity contribution in [3.8, 4) is 9.88 Å². The molecule has 0 aliphatic heterocycles. The molecule has 1 atom stereocenters. The highest BCUT2D eigenvalue weighted by atomic mass is 32.1. The third-order valence-corrected chi connectivity index (χ3v) is 4.92. The largest absolute Gasteiger partial charge is 0.480 e. The summed E-state index contributed by atoms with van der Waals surface area (Å²) in [6, 6.07) is 3.85. The van der Waals surface area contributed by atoms with Gasteiger partial charge in [-0.15, -0.1) is 22.7 Å². The predicted octanol–water partition coefficient (Wildman–Crippen LogP) is 2.85. The van der Waals surface area contributed by atoms with Crippen LogP contribution in [0.5, 0.6) is 0 Å². The van der Waals surface area contributed by atoms with Crippen molar-refractivity contribution in [3.63, 3.8) is 0 Å². The highest BCUT2D eigenvalue weighted by molar-refractivity contribution is 7.20. The smallest absolute Gasteiger partial charge is 0.329 e. The molecule has 0 aliphatic carbocycles. The first-order valence-electron chi connectivity index (χ1n) is 6.01. The van der Waals surface area contributed by atoms with E-state index in [1.807, 2.05) is 17.5 Å². The Morgan fingerprint density at radius 3 is 2.75 bits per heavy atom. The zero-order valence-electron chi connectivity index (χ0n) is 11.0. The molecule has 1 unspecified atom stereocenters. The minimum atomic E-state index is -1.27. The second-order valence-electron chi connectivity index (χ2n) is 4.46. The molecular weight excluding hydrogens is 296 g/mol. The van der Waals surface area contributed by atoms with E-state index in [1.54, 1.807) is 23.6 Å². The lowest BCUT2D eigenvalue weighted by Gasteiger charge is -2.23. The number of aliphatic carboxylic acids is 1. The van der Waals surface area contributed by atoms with Crippen LogP contribution in [0.15, 0.2) is 22.9 Å². The molecule has 20 heavy (non-hydrogen) atoms. The Kier molecular flexibility index (Phi) is 4.20. The quantitative estimate of drug-likeness (QED) is 0.890. The number of carboxylic acids is 1. The van der Waals surface area contributed by atoms with Crippen LogP contribution in [0.2, 0.25) is 0 Å². The molecule has 0 fully saturated rings. The van der Waals surface area contributed by atoms with Crippen molar-refractivity contribution in [1.29, 1.82) is 0 Å². The first-order chi connectivity index (χ1) is 9.46. The van der Waals surface area contributed by atoms with Gasteiger partial charge in [0.15, 0.2) is 0 Å². The summed E-state index contributed by atoms with van der Waals surface area (Å²) in [6.07, 6.45) is 0.302. The number of carboxylic acid groups (broad SMARTS) is 1.